The van der Waals surface area contributed by atoms with Crippen molar-refractivity contribution in [1.29, 1.82) is 0 Å². The second-order valence-electron chi connectivity index (χ2n) is 7.91. The number of carbonyl (C=O) groups is 2. The fourth-order valence-corrected chi connectivity index (χ4v) is 4.13. The monoisotopic (exact) mass is 389 g/mol. The fraction of sp³-hybridized carbons (Fsp3) is 0.526. The van der Waals surface area contributed by atoms with Gasteiger partial charge in [0.05, 0.1) is 5.69 Å². The number of carbonyl (C=O) groups excluding carboxylic acids is 2. The number of fused-ring (bicyclic) bond motifs is 1. The van der Waals surface area contributed by atoms with E-state index in [1.54, 1.807) is 18.4 Å². The Morgan fingerprint density at radius 2 is 2.07 bits per heavy atom. The lowest BCUT2D eigenvalue weighted by molar-refractivity contribution is -0.124. The number of thiophene rings is 1. The average molecular weight is 390 g/mol. The lowest BCUT2D eigenvalue weighted by Gasteiger charge is -2.29. The normalized spacial score (nSPS) is 15.1. The lowest BCUT2D eigenvalue weighted by atomic mass is 9.86. The molecule has 0 aromatic carbocycles. The van der Waals surface area contributed by atoms with Crippen molar-refractivity contribution in [1.82, 2.24) is 25.5 Å². The van der Waals surface area contributed by atoms with Crippen LogP contribution in [0.5, 0.6) is 0 Å². The molecule has 2 aromatic rings. The van der Waals surface area contributed by atoms with Crippen molar-refractivity contribution in [3.63, 3.8) is 0 Å². The van der Waals surface area contributed by atoms with E-state index in [1.807, 2.05) is 20.8 Å². The molecule has 146 valence electrons. The quantitative estimate of drug-likeness (QED) is 0.745. The minimum atomic E-state index is -0.643. The summed E-state index contributed by atoms with van der Waals surface area (Å²) in [6, 6.07) is -0.643. The summed E-state index contributed by atoms with van der Waals surface area (Å²) in [5.74, 6) is 0.295. The molecule has 3 N–H and O–H groups in total. The Labute approximate surface area is 163 Å². The Morgan fingerprint density at radius 1 is 1.33 bits per heavy atom. The first-order valence-corrected chi connectivity index (χ1v) is 10.0. The molecule has 2 aromatic heterocycles. The molecule has 0 fully saturated rings. The van der Waals surface area contributed by atoms with Gasteiger partial charge in [-0.1, -0.05) is 20.8 Å². The van der Waals surface area contributed by atoms with E-state index in [0.29, 0.717) is 12.2 Å². The van der Waals surface area contributed by atoms with Crippen LogP contribution in [0.3, 0.4) is 0 Å². The van der Waals surface area contributed by atoms with E-state index in [1.165, 1.54) is 0 Å². The maximum Gasteiger partial charge on any atom is 0.272 e. The third-order valence-corrected chi connectivity index (χ3v) is 5.70. The van der Waals surface area contributed by atoms with Crippen molar-refractivity contribution in [2.45, 2.75) is 46.8 Å². The number of aryl methyl sites for hydroxylation is 1. The van der Waals surface area contributed by atoms with E-state index in [4.69, 9.17) is 4.98 Å². The van der Waals surface area contributed by atoms with Gasteiger partial charge in [-0.15, -0.1) is 0 Å². The largest absolute Gasteiger partial charge is 0.357 e. The molecular weight excluding hydrogens is 362 g/mol. The van der Waals surface area contributed by atoms with Crippen LogP contribution in [0.25, 0.3) is 11.4 Å². The first-order valence-electron chi connectivity index (χ1n) is 9.09. The molecule has 0 saturated heterocycles. The van der Waals surface area contributed by atoms with Crippen LogP contribution < -0.4 is 16.0 Å². The van der Waals surface area contributed by atoms with E-state index < -0.39 is 11.5 Å². The summed E-state index contributed by atoms with van der Waals surface area (Å²) in [7, 11) is 1.58. The minimum absolute atomic E-state index is 0.212. The van der Waals surface area contributed by atoms with Crippen molar-refractivity contribution in [3.05, 3.63) is 27.7 Å². The highest BCUT2D eigenvalue weighted by molar-refractivity contribution is 7.08. The number of likely N-dealkylation sites (N-methyl/N-ethyl adjacent to an activating group) is 1. The Balaban J connectivity index is 1.99. The number of aromatic nitrogens is 2. The number of amides is 2. The van der Waals surface area contributed by atoms with Crippen LogP contribution in [-0.4, -0.2) is 41.0 Å². The summed E-state index contributed by atoms with van der Waals surface area (Å²) < 4.78 is 2.12. The van der Waals surface area contributed by atoms with Crippen molar-refractivity contribution >= 4 is 23.2 Å². The zero-order chi connectivity index (χ0) is 19.8. The van der Waals surface area contributed by atoms with Gasteiger partial charge in [-0.2, -0.15) is 11.3 Å². The number of nitrogens with zero attached hydrogens (tertiary/aromatic N) is 2. The Bertz CT molecular complexity index is 862. The summed E-state index contributed by atoms with van der Waals surface area (Å²) in [6.45, 7) is 10.0. The van der Waals surface area contributed by atoms with Crippen LogP contribution in [0.15, 0.2) is 10.8 Å². The second kappa shape index (κ2) is 7.44. The summed E-state index contributed by atoms with van der Waals surface area (Å²) >= 11 is 1.63. The number of hydrogen-bond acceptors (Lipinski definition) is 5. The molecule has 0 aliphatic carbocycles. The van der Waals surface area contributed by atoms with Crippen molar-refractivity contribution in [3.8, 4) is 11.4 Å². The minimum Gasteiger partial charge on any atom is -0.357 e. The first-order chi connectivity index (χ1) is 12.7. The van der Waals surface area contributed by atoms with Crippen LogP contribution in [0.2, 0.25) is 0 Å². The number of rotatable bonds is 4. The maximum atomic E-state index is 13.1. The van der Waals surface area contributed by atoms with Crippen LogP contribution in [0.1, 0.15) is 42.5 Å². The van der Waals surface area contributed by atoms with Crippen LogP contribution >= 0.6 is 11.3 Å². The number of nitrogens with one attached hydrogen (secondary N) is 3. The molecule has 3 rings (SSSR count). The summed E-state index contributed by atoms with van der Waals surface area (Å²) in [4.78, 5) is 30.1. The lowest BCUT2D eigenvalue weighted by Crippen LogP contribution is -2.53. The molecule has 1 aliphatic rings. The van der Waals surface area contributed by atoms with Gasteiger partial charge in [-0.25, -0.2) is 4.98 Å². The molecular formula is C19H27N5O2S. The Hall–Kier alpha value is -2.19. The van der Waals surface area contributed by atoms with Gasteiger partial charge in [0.1, 0.15) is 11.9 Å². The Morgan fingerprint density at radius 3 is 2.67 bits per heavy atom. The molecule has 1 atom stereocenters. The van der Waals surface area contributed by atoms with E-state index in [9.17, 15) is 9.59 Å². The highest BCUT2D eigenvalue weighted by Gasteiger charge is 2.34. The molecule has 7 nitrogen and oxygen atoms in total. The molecule has 0 spiro atoms. The summed E-state index contributed by atoms with van der Waals surface area (Å²) in [5, 5.41) is 13.0. The SMILES string of the molecule is CNC(=O)[C@@H](NC(=O)c1nc(-c2cscc2C)n2c1CNCC2)C(C)(C)C. The molecule has 27 heavy (non-hydrogen) atoms. The summed E-state index contributed by atoms with van der Waals surface area (Å²) in [5.41, 5.74) is 3.04. The van der Waals surface area contributed by atoms with Gasteiger partial charge in [0, 0.05) is 37.6 Å². The standard InChI is InChI=1S/C19H27N5O2S/c1-11-9-27-10-12(11)16-22-14(13-8-21-6-7-24(13)16)17(25)23-15(18(26)20-5)19(2,3)4/h9-10,15,21H,6-8H2,1-5H3,(H,20,26)(H,23,25)/t15-/m1/s1. The second-order valence-corrected chi connectivity index (χ2v) is 8.66. The first kappa shape index (κ1) is 19.6. The van der Waals surface area contributed by atoms with Crippen LogP contribution in [0, 0.1) is 12.3 Å². The van der Waals surface area contributed by atoms with E-state index >= 15 is 0 Å². The van der Waals surface area contributed by atoms with Gasteiger partial charge in [-0.3, -0.25) is 9.59 Å². The van der Waals surface area contributed by atoms with E-state index in [0.717, 1.165) is 35.7 Å². The highest BCUT2D eigenvalue weighted by atomic mass is 32.1. The molecule has 1 aliphatic heterocycles. The zero-order valence-electron chi connectivity index (χ0n) is 16.5. The van der Waals surface area contributed by atoms with Crippen molar-refractivity contribution in [2.75, 3.05) is 13.6 Å². The van der Waals surface area contributed by atoms with Crippen LogP contribution in [-0.2, 0) is 17.9 Å². The molecule has 2 amide bonds. The van der Waals surface area contributed by atoms with Gasteiger partial charge < -0.3 is 20.5 Å². The number of hydrogen-bond donors (Lipinski definition) is 3. The van der Waals surface area contributed by atoms with Gasteiger partial charge in [0.2, 0.25) is 5.91 Å². The smallest absolute Gasteiger partial charge is 0.272 e. The zero-order valence-corrected chi connectivity index (χ0v) is 17.3. The van der Waals surface area contributed by atoms with E-state index in [-0.39, 0.29) is 11.8 Å². The highest BCUT2D eigenvalue weighted by Crippen LogP contribution is 2.29. The fourth-order valence-electron chi connectivity index (χ4n) is 3.30. The van der Waals surface area contributed by atoms with Gasteiger partial charge >= 0.3 is 0 Å². The van der Waals surface area contributed by atoms with Crippen molar-refractivity contribution in [2.24, 2.45) is 5.41 Å². The molecule has 0 saturated carbocycles. The predicted octanol–water partition coefficient (Wildman–Crippen LogP) is 1.91. The van der Waals surface area contributed by atoms with Gasteiger partial charge in [0.25, 0.3) is 5.91 Å². The molecule has 0 radical (unpaired) electrons. The summed E-state index contributed by atoms with van der Waals surface area (Å²) in [6.07, 6.45) is 0. The molecule has 3 heterocycles. The van der Waals surface area contributed by atoms with Crippen LogP contribution in [0.4, 0.5) is 0 Å². The number of imidazole rings is 1. The maximum absolute atomic E-state index is 13.1. The van der Waals surface area contributed by atoms with Gasteiger partial charge in [-0.05, 0) is 23.3 Å². The molecule has 8 heteroatoms. The molecule has 0 unspecified atom stereocenters. The molecule has 0 bridgehead atoms. The third-order valence-electron chi connectivity index (χ3n) is 4.84. The Kier molecular flexibility index (Phi) is 5.39. The average Bonchev–Trinajstić information content (AvgIpc) is 3.21. The van der Waals surface area contributed by atoms with Gasteiger partial charge in [0.15, 0.2) is 5.69 Å². The third kappa shape index (κ3) is 3.77. The van der Waals surface area contributed by atoms with E-state index in [2.05, 4.69) is 38.2 Å². The topological polar surface area (TPSA) is 88.1 Å². The predicted molar refractivity (Wildman–Crippen MR) is 107 cm³/mol. The van der Waals surface area contributed by atoms with Crippen molar-refractivity contribution < 1.29 is 9.59 Å².